The van der Waals surface area contributed by atoms with Gasteiger partial charge in [-0.05, 0) is 127 Å². The van der Waals surface area contributed by atoms with Crippen molar-refractivity contribution in [3.63, 3.8) is 0 Å². The second kappa shape index (κ2) is 38.4. The molecule has 0 unspecified atom stereocenters. The molecule has 0 aliphatic carbocycles. The molecule has 3 aromatic rings. The van der Waals surface area contributed by atoms with Crippen LogP contribution < -0.4 is 5.32 Å². The first-order chi connectivity index (χ1) is 32.0. The normalized spacial score (nSPS) is 11.5. The second-order valence-electron chi connectivity index (χ2n) is 21.9. The van der Waals surface area contributed by atoms with Crippen LogP contribution in [0.5, 0.6) is 0 Å². The molecule has 67 heavy (non-hydrogen) atoms. The van der Waals surface area contributed by atoms with Gasteiger partial charge in [0.2, 0.25) is 0 Å². The molecular formula is C57H104N10. The molecule has 0 spiro atoms. The minimum atomic E-state index is 0.155. The predicted molar refractivity (Wildman–Crippen MR) is 286 cm³/mol. The lowest BCUT2D eigenvalue weighted by Gasteiger charge is -2.20. The molecule has 0 saturated heterocycles. The molecule has 382 valence electrons. The summed E-state index contributed by atoms with van der Waals surface area (Å²) in [6.45, 7) is 30.3. The quantitative estimate of drug-likeness (QED) is 0.0479. The summed E-state index contributed by atoms with van der Waals surface area (Å²) in [6, 6.07) is 0. The highest BCUT2D eigenvalue weighted by Crippen LogP contribution is 2.15. The molecule has 0 aliphatic rings. The highest BCUT2D eigenvalue weighted by molar-refractivity contribution is 5.07. The van der Waals surface area contributed by atoms with Crippen LogP contribution in [0.3, 0.4) is 0 Å². The Hall–Kier alpha value is -3.50. The SMILES string of the molecule is CCc1cn(CCCCCCCCCC#CC(C)(C)C)nn1.CCc1cn(CCCCCCCCCCC#CC(C)(C)C)nn1.CCc1cn(CCCCCCCCCCNC(C)(C)C)nn1. The van der Waals surface area contributed by atoms with Crippen LogP contribution in [-0.2, 0) is 38.9 Å². The summed E-state index contributed by atoms with van der Waals surface area (Å²) in [4.78, 5) is 0. The number of nitrogens with zero attached hydrogens (tertiary/aromatic N) is 9. The molecule has 1 N–H and O–H groups in total. The minimum absolute atomic E-state index is 0.155. The largest absolute Gasteiger partial charge is 0.312 e. The zero-order chi connectivity index (χ0) is 49.5. The minimum Gasteiger partial charge on any atom is -0.312 e. The number of rotatable bonds is 33. The fourth-order valence-corrected chi connectivity index (χ4v) is 7.33. The highest BCUT2D eigenvalue weighted by Gasteiger charge is 2.07. The Morgan fingerprint density at radius 1 is 0.388 bits per heavy atom. The fourth-order valence-electron chi connectivity index (χ4n) is 7.33. The van der Waals surface area contributed by atoms with Crippen LogP contribution in [0, 0.1) is 34.5 Å². The summed E-state index contributed by atoms with van der Waals surface area (Å²) in [7, 11) is 0. The van der Waals surface area contributed by atoms with Gasteiger partial charge in [0, 0.05) is 67.4 Å². The smallest absolute Gasteiger partial charge is 0.0824 e. The molecule has 10 heteroatoms. The summed E-state index contributed by atoms with van der Waals surface area (Å²) < 4.78 is 5.95. The van der Waals surface area contributed by atoms with E-state index in [1.54, 1.807) is 0 Å². The van der Waals surface area contributed by atoms with Crippen LogP contribution >= 0.6 is 0 Å². The highest BCUT2D eigenvalue weighted by atomic mass is 15.4. The third kappa shape index (κ3) is 40.1. The van der Waals surface area contributed by atoms with Gasteiger partial charge in [0.1, 0.15) is 0 Å². The number of unbranched alkanes of at least 4 members (excludes halogenated alkanes) is 22. The molecule has 0 amide bonds. The van der Waals surface area contributed by atoms with Crippen LogP contribution in [0.2, 0.25) is 0 Å². The number of aromatic nitrogens is 9. The zero-order valence-corrected chi connectivity index (χ0v) is 45.9. The van der Waals surface area contributed by atoms with E-state index in [1.165, 1.54) is 148 Å². The number of nitrogens with one attached hydrogen (secondary N) is 1. The van der Waals surface area contributed by atoms with Gasteiger partial charge >= 0.3 is 0 Å². The van der Waals surface area contributed by atoms with Crippen molar-refractivity contribution in [2.45, 2.75) is 288 Å². The van der Waals surface area contributed by atoms with Gasteiger partial charge in [-0.2, -0.15) is 0 Å². The van der Waals surface area contributed by atoms with Crippen LogP contribution in [0.25, 0.3) is 0 Å². The van der Waals surface area contributed by atoms with E-state index in [2.05, 4.69) is 162 Å². The van der Waals surface area contributed by atoms with Crippen molar-refractivity contribution >= 4 is 0 Å². The van der Waals surface area contributed by atoms with E-state index in [9.17, 15) is 0 Å². The van der Waals surface area contributed by atoms with E-state index >= 15 is 0 Å². The van der Waals surface area contributed by atoms with E-state index in [1.807, 2.05) is 14.0 Å². The molecule has 10 nitrogen and oxygen atoms in total. The molecule has 3 heterocycles. The van der Waals surface area contributed by atoms with Gasteiger partial charge in [-0.3, -0.25) is 14.0 Å². The zero-order valence-electron chi connectivity index (χ0n) is 45.9. The predicted octanol–water partition coefficient (Wildman–Crippen LogP) is 14.8. The van der Waals surface area contributed by atoms with Gasteiger partial charge < -0.3 is 5.32 Å². The average molecular weight is 930 g/mol. The molecular weight excluding hydrogens is 825 g/mol. The Morgan fingerprint density at radius 2 is 0.657 bits per heavy atom. The van der Waals surface area contributed by atoms with Gasteiger partial charge in [0.05, 0.1) is 17.1 Å². The van der Waals surface area contributed by atoms with Gasteiger partial charge in [0.15, 0.2) is 0 Å². The Balaban J connectivity index is 0.000000503. The van der Waals surface area contributed by atoms with Crippen LogP contribution in [-0.4, -0.2) is 57.1 Å². The van der Waals surface area contributed by atoms with E-state index in [-0.39, 0.29) is 16.4 Å². The summed E-state index contributed by atoms with van der Waals surface area (Å²) in [5, 5.41) is 28.3. The lowest BCUT2D eigenvalue weighted by molar-refractivity contribution is 0.415. The second-order valence-corrected chi connectivity index (χ2v) is 21.9. The van der Waals surface area contributed by atoms with Gasteiger partial charge in [-0.15, -0.1) is 27.1 Å². The Kier molecular flexibility index (Phi) is 35.2. The van der Waals surface area contributed by atoms with Crippen LogP contribution in [0.4, 0.5) is 0 Å². The maximum Gasteiger partial charge on any atom is 0.0824 e. The lowest BCUT2D eigenvalue weighted by Crippen LogP contribution is -2.36. The summed E-state index contributed by atoms with van der Waals surface area (Å²) in [6.07, 6.45) is 41.7. The van der Waals surface area contributed by atoms with E-state index in [4.69, 9.17) is 0 Å². The Labute approximate surface area is 413 Å². The van der Waals surface area contributed by atoms with E-state index in [0.717, 1.165) is 75.4 Å². The van der Waals surface area contributed by atoms with Crippen molar-refractivity contribution in [3.8, 4) is 23.7 Å². The molecule has 0 fully saturated rings. The first-order valence-electron chi connectivity index (χ1n) is 27.5. The molecule has 0 saturated carbocycles. The summed E-state index contributed by atoms with van der Waals surface area (Å²) in [5.74, 6) is 13.2. The molecule has 0 bridgehead atoms. The molecule has 0 radical (unpaired) electrons. The van der Waals surface area contributed by atoms with Gasteiger partial charge in [0.25, 0.3) is 0 Å². The number of hydrogen-bond donors (Lipinski definition) is 1. The van der Waals surface area contributed by atoms with Crippen molar-refractivity contribution in [1.29, 1.82) is 0 Å². The first-order valence-corrected chi connectivity index (χ1v) is 27.5. The third-order valence-corrected chi connectivity index (χ3v) is 11.4. The lowest BCUT2D eigenvalue weighted by atomic mass is 9.97. The van der Waals surface area contributed by atoms with E-state index < -0.39 is 0 Å². The fraction of sp³-hybridized carbons (Fsp3) is 0.825. The first kappa shape index (κ1) is 61.5. The van der Waals surface area contributed by atoms with Crippen molar-refractivity contribution < 1.29 is 0 Å². The Morgan fingerprint density at radius 3 is 0.910 bits per heavy atom. The van der Waals surface area contributed by atoms with Crippen LogP contribution in [0.15, 0.2) is 18.6 Å². The Bertz CT molecular complexity index is 1710. The van der Waals surface area contributed by atoms with Gasteiger partial charge in [-0.25, -0.2) is 0 Å². The van der Waals surface area contributed by atoms with Crippen molar-refractivity contribution in [1.82, 2.24) is 50.3 Å². The third-order valence-electron chi connectivity index (χ3n) is 11.4. The van der Waals surface area contributed by atoms with Crippen molar-refractivity contribution in [2.24, 2.45) is 10.8 Å². The van der Waals surface area contributed by atoms with Gasteiger partial charge in [-0.1, -0.05) is 157 Å². The maximum absolute atomic E-state index is 4.14. The summed E-state index contributed by atoms with van der Waals surface area (Å²) >= 11 is 0. The van der Waals surface area contributed by atoms with Crippen molar-refractivity contribution in [3.05, 3.63) is 35.7 Å². The molecule has 3 rings (SSSR count). The average Bonchev–Trinajstić information content (AvgIpc) is 4.06. The topological polar surface area (TPSA) is 104 Å². The molecule has 0 aliphatic heterocycles. The number of aryl methyl sites for hydroxylation is 6. The summed E-state index contributed by atoms with van der Waals surface area (Å²) in [5.41, 5.74) is 3.86. The number of hydrogen-bond acceptors (Lipinski definition) is 7. The molecule has 0 atom stereocenters. The van der Waals surface area contributed by atoms with Crippen molar-refractivity contribution in [2.75, 3.05) is 6.54 Å². The van der Waals surface area contributed by atoms with E-state index in [0.29, 0.717) is 0 Å². The maximum atomic E-state index is 4.14. The molecule has 0 aromatic carbocycles. The monoisotopic (exact) mass is 929 g/mol. The van der Waals surface area contributed by atoms with Crippen LogP contribution in [0.1, 0.15) is 261 Å². The standard InChI is InChI=1S/C20H35N3.C19H33N3.C18H36N4/c1-5-19-18-23(22-21-19)17-15-13-11-9-7-6-8-10-12-14-16-20(2,3)4;1-5-18-17-22(21-20-18)16-14-12-10-8-6-7-9-11-13-15-19(2,3)4;1-5-17-16-22(21-20-17)15-13-11-9-7-6-8-10-12-14-19-18(2,3)4/h18H,5-13,15,17H2,1-4H3;17H,5-12,14,16H2,1-4H3;16,19H,5-15H2,1-4H3. The molecule has 3 aromatic heterocycles.